The molecule has 4 aliphatic rings. The maximum atomic E-state index is 12.7. The Balaban J connectivity index is 0.00000119. The normalized spacial score (nSPS) is 38.3. The van der Waals surface area contributed by atoms with Gasteiger partial charge in [-0.25, -0.2) is 0 Å². The maximum absolute atomic E-state index is 12.7. The van der Waals surface area contributed by atoms with Crippen molar-refractivity contribution in [3.63, 3.8) is 0 Å². The number of aliphatic hydroxyl groups excluding tert-OH is 3. The smallest absolute Gasteiger partial charge is 0.315 e. The van der Waals surface area contributed by atoms with E-state index in [9.17, 15) is 20.1 Å². The molecule has 8 atom stereocenters. The third-order valence-electron chi connectivity index (χ3n) is 11.7. The summed E-state index contributed by atoms with van der Waals surface area (Å²) in [6.45, 7) is 13.0. The molecule has 7 heteroatoms. The molecule has 246 valence electrons. The second-order valence-corrected chi connectivity index (χ2v) is 14.4. The lowest BCUT2D eigenvalue weighted by atomic mass is 9.54. The largest absolute Gasteiger partial charge is 0.465 e. The Labute approximate surface area is 261 Å². The molecule has 0 spiro atoms. The lowest BCUT2D eigenvalue weighted by Crippen LogP contribution is -2.66. The van der Waals surface area contributed by atoms with Crippen molar-refractivity contribution in [2.75, 3.05) is 6.61 Å². The Morgan fingerprint density at radius 1 is 0.977 bits per heavy atom. The first-order valence-electron chi connectivity index (χ1n) is 17.1. The number of esters is 1. The number of nitrogens with two attached hydrogens (primary N) is 2. The van der Waals surface area contributed by atoms with Crippen LogP contribution in [0, 0.1) is 22.7 Å². The summed E-state index contributed by atoms with van der Waals surface area (Å²) in [5.41, 5.74) is 14.5. The van der Waals surface area contributed by atoms with E-state index < -0.39 is 34.8 Å². The van der Waals surface area contributed by atoms with Crippen molar-refractivity contribution in [1.82, 2.24) is 0 Å². The van der Waals surface area contributed by atoms with Crippen LogP contribution < -0.4 is 11.5 Å². The van der Waals surface area contributed by atoms with Crippen LogP contribution in [0.5, 0.6) is 0 Å². The van der Waals surface area contributed by atoms with Crippen molar-refractivity contribution in [3.05, 3.63) is 35.5 Å². The summed E-state index contributed by atoms with van der Waals surface area (Å²) in [6.07, 6.45) is 17.3. The van der Waals surface area contributed by atoms with E-state index >= 15 is 0 Å². The first kappa shape index (κ1) is 36.0. The average molecular weight is 603 g/mol. The van der Waals surface area contributed by atoms with Crippen molar-refractivity contribution >= 4 is 5.97 Å². The highest BCUT2D eigenvalue weighted by Gasteiger charge is 2.65. The molecule has 0 heterocycles. The molecule has 4 saturated carbocycles. The van der Waals surface area contributed by atoms with Gasteiger partial charge in [0.05, 0.1) is 30.3 Å². The van der Waals surface area contributed by atoms with Crippen molar-refractivity contribution < 1.29 is 24.9 Å². The maximum Gasteiger partial charge on any atom is 0.315 e. The monoisotopic (exact) mass is 602 g/mol. The summed E-state index contributed by atoms with van der Waals surface area (Å²) in [6, 6.07) is 0. The second kappa shape index (κ2) is 14.7. The topological polar surface area (TPSA) is 139 Å². The van der Waals surface area contributed by atoms with Crippen LogP contribution in [0.2, 0.25) is 0 Å². The van der Waals surface area contributed by atoms with Crippen molar-refractivity contribution in [1.29, 1.82) is 0 Å². The quantitative estimate of drug-likeness (QED) is 0.120. The zero-order valence-electron chi connectivity index (χ0n) is 27.9. The molecule has 43 heavy (non-hydrogen) atoms. The molecular weight excluding hydrogens is 540 g/mol. The molecule has 0 bridgehead atoms. The second-order valence-electron chi connectivity index (χ2n) is 14.4. The van der Waals surface area contributed by atoms with Crippen LogP contribution in [0.15, 0.2) is 35.5 Å². The van der Waals surface area contributed by atoms with Crippen molar-refractivity contribution in [2.45, 2.75) is 154 Å². The van der Waals surface area contributed by atoms with Crippen LogP contribution in [0.3, 0.4) is 0 Å². The number of unbranched alkanes of at least 4 members (excludes halogenated alkanes) is 2. The lowest BCUT2D eigenvalue weighted by molar-refractivity contribution is -0.153. The fourth-order valence-corrected chi connectivity index (χ4v) is 7.60. The Morgan fingerprint density at radius 3 is 2.16 bits per heavy atom. The van der Waals surface area contributed by atoms with Gasteiger partial charge in [-0.1, -0.05) is 90.7 Å². The van der Waals surface area contributed by atoms with Gasteiger partial charge in [0.15, 0.2) is 0 Å². The first-order chi connectivity index (χ1) is 20.3. The molecule has 0 amide bonds. The number of hydrogen-bond acceptors (Lipinski definition) is 7. The van der Waals surface area contributed by atoms with Gasteiger partial charge in [0.25, 0.3) is 0 Å². The highest BCUT2D eigenvalue weighted by atomic mass is 16.5. The molecule has 0 aromatic rings. The zero-order valence-corrected chi connectivity index (χ0v) is 27.9. The number of ether oxygens (including phenoxy) is 1. The fourth-order valence-electron chi connectivity index (χ4n) is 7.60. The lowest BCUT2D eigenvalue weighted by Gasteiger charge is -2.55. The molecule has 0 aromatic carbocycles. The van der Waals surface area contributed by atoms with Crippen LogP contribution in [-0.2, 0) is 9.53 Å². The fraction of sp³-hybridized carbons (Fsp3) is 0.806. The Morgan fingerprint density at radius 2 is 1.60 bits per heavy atom. The van der Waals surface area contributed by atoms with Gasteiger partial charge in [-0.05, 0) is 75.7 Å². The molecule has 0 saturated heterocycles. The predicted octanol–water partition coefficient (Wildman–Crippen LogP) is 5.85. The van der Waals surface area contributed by atoms with Crippen LogP contribution >= 0.6 is 0 Å². The Hall–Kier alpha value is -1.51. The van der Waals surface area contributed by atoms with Gasteiger partial charge in [-0.15, -0.1) is 0 Å². The van der Waals surface area contributed by atoms with E-state index in [0.29, 0.717) is 32.3 Å². The number of carbonyl (C=O) groups is 1. The van der Waals surface area contributed by atoms with Crippen LogP contribution in [0.1, 0.15) is 125 Å². The summed E-state index contributed by atoms with van der Waals surface area (Å²) in [5.74, 6) is -0.450. The molecule has 4 aliphatic carbocycles. The highest BCUT2D eigenvalue weighted by Crippen LogP contribution is 2.62. The Bertz CT molecular complexity index is 1020. The Kier molecular flexibility index (Phi) is 12.3. The number of fused-ring (bicyclic) bond motifs is 1. The van der Waals surface area contributed by atoms with Crippen molar-refractivity contribution in [2.24, 2.45) is 34.1 Å². The number of aliphatic hydroxyl groups is 3. The summed E-state index contributed by atoms with van der Waals surface area (Å²) in [4.78, 5) is 12.7. The van der Waals surface area contributed by atoms with Crippen molar-refractivity contribution in [3.8, 4) is 0 Å². The van der Waals surface area contributed by atoms with E-state index in [-0.39, 0.29) is 23.2 Å². The minimum Gasteiger partial charge on any atom is -0.465 e. The third kappa shape index (κ3) is 7.17. The SMILES string of the molecule is CCCC.CCCCOC(=O)C1(C(O)/C=C/[C@@H](C)[C@@]2(N)CC[C@@]3(N)/C(=C/C=C4CC(O)C(C)[C@H](O)C4)CCCC32C)CC1. The van der Waals surface area contributed by atoms with E-state index in [4.69, 9.17) is 16.2 Å². The molecule has 7 nitrogen and oxygen atoms in total. The molecule has 4 rings (SSSR count). The third-order valence-corrected chi connectivity index (χ3v) is 11.7. The summed E-state index contributed by atoms with van der Waals surface area (Å²) < 4.78 is 5.44. The number of allylic oxidation sites excluding steroid dienone is 2. The molecule has 4 unspecified atom stereocenters. The van der Waals surface area contributed by atoms with Gasteiger partial charge >= 0.3 is 5.97 Å². The van der Waals surface area contributed by atoms with Crippen LogP contribution in [0.25, 0.3) is 0 Å². The molecule has 0 radical (unpaired) electrons. The molecule has 7 N–H and O–H groups in total. The number of carbonyl (C=O) groups excluding carboxylic acids is 1. The average Bonchev–Trinajstić information content (AvgIpc) is 3.77. The summed E-state index contributed by atoms with van der Waals surface area (Å²) in [7, 11) is 0. The zero-order chi connectivity index (χ0) is 32.1. The summed E-state index contributed by atoms with van der Waals surface area (Å²) in [5, 5.41) is 31.6. The summed E-state index contributed by atoms with van der Waals surface area (Å²) >= 11 is 0. The van der Waals surface area contributed by atoms with Gasteiger partial charge in [0.1, 0.15) is 0 Å². The minimum atomic E-state index is -0.883. The molecular formula is C36H62N2O5. The first-order valence-corrected chi connectivity index (χ1v) is 17.1. The van der Waals surface area contributed by atoms with E-state index in [2.05, 4.69) is 46.8 Å². The molecule has 0 aromatic heterocycles. The molecule has 0 aliphatic heterocycles. The molecule has 4 fully saturated rings. The van der Waals surface area contributed by atoms with Gasteiger partial charge < -0.3 is 31.5 Å². The van der Waals surface area contributed by atoms with E-state index in [0.717, 1.165) is 50.5 Å². The van der Waals surface area contributed by atoms with E-state index in [1.807, 2.05) is 13.0 Å². The van der Waals surface area contributed by atoms with E-state index in [1.54, 1.807) is 6.08 Å². The number of rotatable bonds is 10. The predicted molar refractivity (Wildman–Crippen MR) is 174 cm³/mol. The van der Waals surface area contributed by atoms with E-state index in [1.165, 1.54) is 18.4 Å². The standard InChI is InChI=1S/C32H52N2O5.C4H10/c1-5-6-18-39-28(38)30(14-15-30)27(37)12-9-21(2)31(33)16-17-32(34)24(8-7-13-29(31,32)4)11-10-23-19-25(35)22(3)26(36)20-23;1-3-4-2/h9-12,21-22,25-27,35-37H,5-8,13-20,33-34H2,1-4H3;3-4H2,1-2H3/b12-9+,23-10?,24-11+;/t21-,22?,25-,26?,27?,29?,31+,32-;/m1./s1. The van der Waals surface area contributed by atoms with Crippen LogP contribution in [0.4, 0.5) is 0 Å². The minimum absolute atomic E-state index is 0.0442. The number of hydrogen-bond donors (Lipinski definition) is 5. The van der Waals surface area contributed by atoms with Crippen LogP contribution in [-0.4, -0.2) is 57.3 Å². The van der Waals surface area contributed by atoms with Gasteiger partial charge in [-0.3, -0.25) is 4.79 Å². The van der Waals surface area contributed by atoms with Gasteiger partial charge in [-0.2, -0.15) is 0 Å². The highest BCUT2D eigenvalue weighted by molar-refractivity contribution is 5.81. The van der Waals surface area contributed by atoms with Gasteiger partial charge in [0.2, 0.25) is 0 Å². The van der Waals surface area contributed by atoms with Gasteiger partial charge in [0, 0.05) is 22.4 Å².